The molecule has 0 amide bonds. The van der Waals surface area contributed by atoms with E-state index in [0.717, 1.165) is 12.8 Å². The predicted molar refractivity (Wildman–Crippen MR) is 56.4 cm³/mol. The Labute approximate surface area is 89.9 Å². The van der Waals surface area contributed by atoms with Crippen LogP contribution in [0, 0.1) is 5.92 Å². The molecule has 1 N–H and O–H groups in total. The molecule has 1 atom stereocenters. The molecule has 0 bridgehead atoms. The summed E-state index contributed by atoms with van der Waals surface area (Å²) in [5, 5.41) is 8.86. The normalized spacial score (nSPS) is 13.4. The second-order valence-electron chi connectivity index (χ2n) is 3.32. The first kappa shape index (κ1) is 13.7. The Morgan fingerprint density at radius 2 is 2.07 bits per heavy atom. The van der Waals surface area contributed by atoms with Crippen LogP contribution in [0.3, 0.4) is 0 Å². The van der Waals surface area contributed by atoms with Gasteiger partial charge in [0.25, 0.3) is 0 Å². The first-order chi connectivity index (χ1) is 7.04. The lowest BCUT2D eigenvalue weighted by atomic mass is 10.0. The molecule has 0 radical (unpaired) electrons. The number of carboxylic acids is 1. The molecule has 0 aliphatic carbocycles. The molecule has 86 valence electrons. The highest BCUT2D eigenvalue weighted by Crippen LogP contribution is 2.13. The third-order valence-corrected chi connectivity index (χ3v) is 2.14. The number of aliphatic carboxylic acids is 1. The van der Waals surface area contributed by atoms with Crippen molar-refractivity contribution in [2.75, 3.05) is 6.61 Å². The van der Waals surface area contributed by atoms with Crippen molar-refractivity contribution in [3.05, 3.63) is 11.6 Å². The smallest absolute Gasteiger partial charge is 0.324 e. The van der Waals surface area contributed by atoms with Gasteiger partial charge in [-0.1, -0.05) is 25.0 Å². The van der Waals surface area contributed by atoms with Crippen LogP contribution in [0.25, 0.3) is 0 Å². The molecule has 0 rings (SSSR count). The molecule has 15 heavy (non-hydrogen) atoms. The van der Waals surface area contributed by atoms with E-state index in [4.69, 9.17) is 9.84 Å². The molecular weight excluding hydrogens is 196 g/mol. The fourth-order valence-corrected chi connectivity index (χ4v) is 1.05. The Morgan fingerprint density at radius 3 is 2.47 bits per heavy atom. The van der Waals surface area contributed by atoms with E-state index in [-0.39, 0.29) is 6.61 Å². The van der Waals surface area contributed by atoms with Crippen LogP contribution in [0.4, 0.5) is 0 Å². The summed E-state index contributed by atoms with van der Waals surface area (Å²) in [5.74, 6) is -2.99. The molecule has 4 nitrogen and oxygen atoms in total. The van der Waals surface area contributed by atoms with Crippen molar-refractivity contribution in [2.24, 2.45) is 5.92 Å². The van der Waals surface area contributed by atoms with E-state index in [2.05, 4.69) is 0 Å². The lowest BCUT2D eigenvalue weighted by Crippen LogP contribution is -2.27. The van der Waals surface area contributed by atoms with Crippen molar-refractivity contribution in [1.82, 2.24) is 0 Å². The Morgan fingerprint density at radius 1 is 1.47 bits per heavy atom. The van der Waals surface area contributed by atoms with Gasteiger partial charge >= 0.3 is 11.9 Å². The maximum absolute atomic E-state index is 11.4. The maximum Gasteiger partial charge on any atom is 0.324 e. The number of hydrogen-bond donors (Lipinski definition) is 1. The summed E-state index contributed by atoms with van der Waals surface area (Å²) in [4.78, 5) is 22.2. The zero-order valence-corrected chi connectivity index (χ0v) is 9.45. The molecule has 0 fully saturated rings. The van der Waals surface area contributed by atoms with E-state index in [1.54, 1.807) is 19.9 Å². The average molecular weight is 214 g/mol. The standard InChI is InChI=1S/C11H18O4/c1-4-6-7-15-11(14)9(10(12)13)8(3)5-2/h5,9H,4,6-7H2,1-3H3,(H,12,13)/b8-5-. The highest BCUT2D eigenvalue weighted by atomic mass is 16.5. The minimum atomic E-state index is -1.16. The van der Waals surface area contributed by atoms with Gasteiger partial charge in [0.1, 0.15) is 0 Å². The highest BCUT2D eigenvalue weighted by molar-refractivity contribution is 5.97. The molecule has 0 aromatic carbocycles. The topological polar surface area (TPSA) is 63.6 Å². The van der Waals surface area contributed by atoms with Gasteiger partial charge in [0, 0.05) is 0 Å². The number of hydrogen-bond acceptors (Lipinski definition) is 3. The number of esters is 1. The Bertz CT molecular complexity index is 255. The average Bonchev–Trinajstić information content (AvgIpc) is 2.17. The zero-order chi connectivity index (χ0) is 11.8. The van der Waals surface area contributed by atoms with E-state index >= 15 is 0 Å². The number of carbonyl (C=O) groups excluding carboxylic acids is 1. The molecule has 0 saturated heterocycles. The molecular formula is C11H18O4. The first-order valence-electron chi connectivity index (χ1n) is 5.06. The molecule has 0 heterocycles. The van der Waals surface area contributed by atoms with E-state index in [0.29, 0.717) is 5.57 Å². The van der Waals surface area contributed by atoms with Crippen molar-refractivity contribution in [3.8, 4) is 0 Å². The van der Waals surface area contributed by atoms with Crippen LogP contribution in [0.5, 0.6) is 0 Å². The van der Waals surface area contributed by atoms with Crippen molar-refractivity contribution in [2.45, 2.75) is 33.6 Å². The van der Waals surface area contributed by atoms with Crippen LogP contribution < -0.4 is 0 Å². The summed E-state index contributed by atoms with van der Waals surface area (Å²) in [7, 11) is 0. The summed E-state index contributed by atoms with van der Waals surface area (Å²) in [6.07, 6.45) is 3.28. The third kappa shape index (κ3) is 4.63. The van der Waals surface area contributed by atoms with Crippen LogP contribution in [0.2, 0.25) is 0 Å². The predicted octanol–water partition coefficient (Wildman–Crippen LogP) is 2.00. The zero-order valence-electron chi connectivity index (χ0n) is 9.45. The summed E-state index contributed by atoms with van der Waals surface area (Å²) < 4.78 is 4.87. The number of unbranched alkanes of at least 4 members (excludes halogenated alkanes) is 1. The lowest BCUT2D eigenvalue weighted by molar-refractivity contribution is -0.156. The van der Waals surface area contributed by atoms with Crippen molar-refractivity contribution >= 4 is 11.9 Å². The van der Waals surface area contributed by atoms with Crippen LogP contribution in [0.15, 0.2) is 11.6 Å². The molecule has 0 aromatic heterocycles. The largest absolute Gasteiger partial charge is 0.480 e. The highest BCUT2D eigenvalue weighted by Gasteiger charge is 2.28. The molecule has 1 unspecified atom stereocenters. The van der Waals surface area contributed by atoms with Crippen LogP contribution in [-0.2, 0) is 14.3 Å². The van der Waals surface area contributed by atoms with E-state index in [1.807, 2.05) is 6.92 Å². The fraction of sp³-hybridized carbons (Fsp3) is 0.636. The van der Waals surface area contributed by atoms with Gasteiger partial charge in [0.15, 0.2) is 5.92 Å². The number of ether oxygens (including phenoxy) is 1. The summed E-state index contributed by atoms with van der Waals surface area (Å²) in [6.45, 7) is 5.57. The quantitative estimate of drug-likeness (QED) is 0.318. The number of allylic oxidation sites excluding steroid dienone is 1. The second kappa shape index (κ2) is 7.04. The Kier molecular flexibility index (Phi) is 6.42. The number of carboxylic acid groups (broad SMARTS) is 1. The third-order valence-electron chi connectivity index (χ3n) is 2.14. The van der Waals surface area contributed by atoms with E-state index in [1.165, 1.54) is 0 Å². The minimum absolute atomic E-state index is 0.288. The van der Waals surface area contributed by atoms with Crippen LogP contribution in [0.1, 0.15) is 33.6 Å². The van der Waals surface area contributed by atoms with Gasteiger partial charge in [-0.3, -0.25) is 9.59 Å². The lowest BCUT2D eigenvalue weighted by Gasteiger charge is -2.12. The molecule has 0 aromatic rings. The molecule has 0 spiro atoms. The van der Waals surface area contributed by atoms with E-state index < -0.39 is 17.9 Å². The van der Waals surface area contributed by atoms with Gasteiger partial charge in [0.05, 0.1) is 6.61 Å². The van der Waals surface area contributed by atoms with Gasteiger partial charge in [-0.2, -0.15) is 0 Å². The fourth-order valence-electron chi connectivity index (χ4n) is 1.05. The van der Waals surface area contributed by atoms with E-state index in [9.17, 15) is 9.59 Å². The Balaban J connectivity index is 4.38. The number of carbonyl (C=O) groups is 2. The molecule has 0 aliphatic heterocycles. The van der Waals surface area contributed by atoms with Crippen molar-refractivity contribution < 1.29 is 19.4 Å². The second-order valence-corrected chi connectivity index (χ2v) is 3.32. The van der Waals surface area contributed by atoms with Gasteiger partial charge in [-0.15, -0.1) is 0 Å². The maximum atomic E-state index is 11.4. The van der Waals surface area contributed by atoms with Gasteiger partial charge in [-0.05, 0) is 20.3 Å². The summed E-state index contributed by atoms with van der Waals surface area (Å²) in [6, 6.07) is 0. The van der Waals surface area contributed by atoms with Gasteiger partial charge < -0.3 is 9.84 Å². The Hall–Kier alpha value is -1.32. The van der Waals surface area contributed by atoms with Gasteiger partial charge in [0.2, 0.25) is 0 Å². The van der Waals surface area contributed by atoms with Gasteiger partial charge in [-0.25, -0.2) is 0 Å². The SMILES string of the molecule is C/C=C(/C)C(C(=O)O)C(=O)OCCCC. The first-order valence-corrected chi connectivity index (χ1v) is 5.06. The monoisotopic (exact) mass is 214 g/mol. The number of rotatable bonds is 6. The molecule has 0 aliphatic rings. The summed E-state index contributed by atoms with van der Waals surface area (Å²) >= 11 is 0. The van der Waals surface area contributed by atoms with Crippen molar-refractivity contribution in [3.63, 3.8) is 0 Å². The summed E-state index contributed by atoms with van der Waals surface area (Å²) in [5.41, 5.74) is 0.504. The van der Waals surface area contributed by atoms with Crippen molar-refractivity contribution in [1.29, 1.82) is 0 Å². The molecule has 4 heteroatoms. The van der Waals surface area contributed by atoms with Crippen LogP contribution >= 0.6 is 0 Å². The van der Waals surface area contributed by atoms with Crippen LogP contribution in [-0.4, -0.2) is 23.7 Å². The minimum Gasteiger partial charge on any atom is -0.480 e. The molecule has 0 saturated carbocycles.